The molecule has 0 saturated carbocycles. The quantitative estimate of drug-likeness (QED) is 0.499. The Labute approximate surface area is 124 Å². The molecular weight excluding hydrogens is 258 g/mol. The van der Waals surface area contributed by atoms with Crippen LogP contribution in [0.25, 0.3) is 0 Å². The van der Waals surface area contributed by atoms with Crippen molar-refractivity contribution < 1.29 is 20.4 Å². The first-order valence-electron chi connectivity index (χ1n) is 7.66. The Morgan fingerprint density at radius 3 is 2.10 bits per heavy atom. The number of carbonyl (C=O) groups excluding carboxylic acids is 1. The summed E-state index contributed by atoms with van der Waals surface area (Å²) in [5.41, 5.74) is 0. The summed E-state index contributed by atoms with van der Waals surface area (Å²) in [5, 5.41) is 2.79. The molecule has 0 aromatic heterocycles. The Kier molecular flexibility index (Phi) is 14.3. The lowest BCUT2D eigenvalue weighted by Crippen LogP contribution is -2.27. The second-order valence-electron chi connectivity index (χ2n) is 5.12. The highest BCUT2D eigenvalue weighted by Crippen LogP contribution is 1.98. The molecule has 1 N–H and O–H groups in total. The summed E-state index contributed by atoms with van der Waals surface area (Å²) in [6, 6.07) is 0. The average molecular weight is 291 g/mol. The number of hydrogen-bond acceptors (Lipinski definition) is 4. The van der Waals surface area contributed by atoms with Gasteiger partial charge in [-0.1, -0.05) is 20.8 Å². The second kappa shape index (κ2) is 14.8. The molecule has 0 unspecified atom stereocenters. The van der Waals surface area contributed by atoms with Crippen molar-refractivity contribution in [2.45, 2.75) is 40.0 Å². The Hall–Kier alpha value is -0.650. The van der Waals surface area contributed by atoms with E-state index >= 15 is 0 Å². The zero-order valence-corrected chi connectivity index (χ0v) is 13.3. The molecule has 0 bridgehead atoms. The number of rotatable bonds is 14. The normalized spacial score (nSPS) is 11.0. The first-order valence-corrected chi connectivity index (χ1v) is 7.66. The second-order valence-corrected chi connectivity index (χ2v) is 5.12. The van der Waals surface area contributed by atoms with Crippen LogP contribution >= 0.6 is 0 Å². The van der Waals surface area contributed by atoms with E-state index in [0.29, 0.717) is 51.9 Å². The molecule has 0 aromatic rings. The summed E-state index contributed by atoms with van der Waals surface area (Å²) in [7, 11) is 0. The van der Waals surface area contributed by atoms with Gasteiger partial charge in [-0.15, -0.1) is 0 Å². The Morgan fingerprint density at radius 2 is 1.55 bits per heavy atom. The molecule has 0 rings (SSSR count). The number of nitrogens with one attached hydrogen (secondary N) is 1. The minimum Gasteiger partial charge on any atom is -0.379 e. The topological polar surface area (TPSA) is 56.8 Å². The molecule has 0 atom stereocenters. The van der Waals surface area contributed by atoms with Crippen LogP contribution in [0.2, 0.25) is 0 Å². The highest BCUT2D eigenvalue weighted by molar-refractivity contribution is 5.75. The van der Waals surface area contributed by atoms with Gasteiger partial charge in [0.2, 0.25) is 5.91 Å². The van der Waals surface area contributed by atoms with E-state index in [1.807, 2.05) is 6.92 Å². The maximum atomic E-state index is 11.1. The van der Waals surface area contributed by atoms with Crippen LogP contribution in [0.3, 0.4) is 0 Å². The van der Waals surface area contributed by atoms with Crippen molar-refractivity contribution >= 4 is 5.91 Å². The summed E-state index contributed by atoms with van der Waals surface area (Å²) in [6.45, 7) is 10.6. The van der Waals surface area contributed by atoms with Crippen LogP contribution in [-0.4, -0.2) is 52.1 Å². The zero-order chi connectivity index (χ0) is 15.1. The summed E-state index contributed by atoms with van der Waals surface area (Å²) >= 11 is 0. The molecule has 5 heteroatoms. The van der Waals surface area contributed by atoms with Gasteiger partial charge in [0.1, 0.15) is 0 Å². The molecule has 20 heavy (non-hydrogen) atoms. The molecule has 0 aliphatic rings. The maximum Gasteiger partial charge on any atom is 0.220 e. The number of hydrogen-bond donors (Lipinski definition) is 1. The zero-order valence-electron chi connectivity index (χ0n) is 13.3. The molecule has 0 radical (unpaired) electrons. The molecule has 0 fully saturated rings. The van der Waals surface area contributed by atoms with Gasteiger partial charge in [-0.2, -0.15) is 0 Å². The van der Waals surface area contributed by atoms with E-state index in [9.17, 15) is 4.79 Å². The van der Waals surface area contributed by atoms with Crippen LogP contribution in [0.4, 0.5) is 0 Å². The van der Waals surface area contributed by atoms with Crippen LogP contribution in [0, 0.1) is 5.92 Å². The predicted molar refractivity (Wildman–Crippen MR) is 81.9 cm³/mol. The lowest BCUT2D eigenvalue weighted by Gasteiger charge is -2.08. The molecule has 0 aliphatic heterocycles. The van der Waals surface area contributed by atoms with E-state index in [2.05, 4.69) is 19.2 Å². The van der Waals surface area contributed by atoms with Crippen molar-refractivity contribution in [2.75, 3.05) is 46.2 Å². The van der Waals surface area contributed by atoms with Gasteiger partial charge in [0.15, 0.2) is 0 Å². The van der Waals surface area contributed by atoms with E-state index in [1.165, 1.54) is 0 Å². The molecule has 0 aliphatic carbocycles. The monoisotopic (exact) mass is 291 g/mol. The van der Waals surface area contributed by atoms with Gasteiger partial charge in [0, 0.05) is 21.0 Å². The summed E-state index contributed by atoms with van der Waals surface area (Å²) in [5.74, 6) is 0.771. The Bertz CT molecular complexity index is 228. The van der Waals surface area contributed by atoms with Gasteiger partial charge < -0.3 is 19.5 Å². The van der Waals surface area contributed by atoms with Crippen LogP contribution in [0.5, 0.6) is 0 Å². The Balaban J connectivity index is 0. The molecular formula is C15H33NO4. The van der Waals surface area contributed by atoms with Crippen molar-refractivity contribution in [1.29, 1.82) is 0 Å². The van der Waals surface area contributed by atoms with Gasteiger partial charge in [-0.3, -0.25) is 4.79 Å². The van der Waals surface area contributed by atoms with Gasteiger partial charge in [0.05, 0.1) is 33.0 Å². The van der Waals surface area contributed by atoms with Gasteiger partial charge in [0.25, 0.3) is 0 Å². The van der Waals surface area contributed by atoms with E-state index in [4.69, 9.17) is 14.2 Å². The molecule has 0 saturated heterocycles. The minimum atomic E-state index is 0. The first kappa shape index (κ1) is 19.4. The third kappa shape index (κ3) is 15.4. The van der Waals surface area contributed by atoms with Crippen LogP contribution in [0.1, 0.15) is 41.5 Å². The number of ether oxygens (including phenoxy) is 3. The van der Waals surface area contributed by atoms with Crippen molar-refractivity contribution in [1.82, 2.24) is 5.32 Å². The Morgan fingerprint density at radius 1 is 1.00 bits per heavy atom. The summed E-state index contributed by atoms with van der Waals surface area (Å²) in [4.78, 5) is 11.1. The fourth-order valence-electron chi connectivity index (χ4n) is 1.44. The number of amides is 1. The number of carbonyl (C=O) groups is 1. The smallest absolute Gasteiger partial charge is 0.220 e. The fraction of sp³-hybridized carbons (Fsp3) is 0.933. The highest BCUT2D eigenvalue weighted by Gasteiger charge is 1.97. The highest BCUT2D eigenvalue weighted by atomic mass is 16.5. The molecule has 0 aromatic carbocycles. The largest absolute Gasteiger partial charge is 0.379 e. The summed E-state index contributed by atoms with van der Waals surface area (Å²) in [6.07, 6.45) is 2.55. The predicted octanol–water partition coefficient (Wildman–Crippen LogP) is 2.24. The van der Waals surface area contributed by atoms with Gasteiger partial charge in [-0.05, 0) is 18.8 Å². The lowest BCUT2D eigenvalue weighted by atomic mass is 10.1. The van der Waals surface area contributed by atoms with Crippen molar-refractivity contribution in [3.63, 3.8) is 0 Å². The van der Waals surface area contributed by atoms with Gasteiger partial charge in [-0.25, -0.2) is 0 Å². The lowest BCUT2D eigenvalue weighted by molar-refractivity contribution is -0.121. The third-order valence-electron chi connectivity index (χ3n) is 2.63. The summed E-state index contributed by atoms with van der Waals surface area (Å²) < 4.78 is 16.1. The average Bonchev–Trinajstić information content (AvgIpc) is 2.40. The molecule has 0 heterocycles. The van der Waals surface area contributed by atoms with Crippen LogP contribution in [-0.2, 0) is 19.0 Å². The van der Waals surface area contributed by atoms with E-state index in [-0.39, 0.29) is 7.33 Å². The molecule has 5 nitrogen and oxygen atoms in total. The SMILES string of the molecule is CCCC(=O)NCCOCCOCCOCCC(C)C.[HH]. The van der Waals surface area contributed by atoms with Crippen LogP contribution < -0.4 is 5.32 Å². The molecule has 122 valence electrons. The van der Waals surface area contributed by atoms with Crippen molar-refractivity contribution in [3.05, 3.63) is 0 Å². The van der Waals surface area contributed by atoms with Crippen molar-refractivity contribution in [2.24, 2.45) is 5.92 Å². The maximum absolute atomic E-state index is 11.1. The minimum absolute atomic E-state index is 0. The standard InChI is InChI=1S/C15H31NO4.H2/c1-4-5-15(17)16-7-9-19-11-13-20-12-10-18-8-6-14(2)3;/h14H,4-13H2,1-3H3,(H,16,17);1H. The first-order chi connectivity index (χ1) is 9.66. The molecule has 1 amide bonds. The van der Waals surface area contributed by atoms with Crippen LogP contribution in [0.15, 0.2) is 0 Å². The van der Waals surface area contributed by atoms with E-state index in [0.717, 1.165) is 19.4 Å². The fourth-order valence-corrected chi connectivity index (χ4v) is 1.44. The van der Waals surface area contributed by atoms with E-state index < -0.39 is 0 Å². The van der Waals surface area contributed by atoms with E-state index in [1.54, 1.807) is 0 Å². The molecule has 0 spiro atoms. The third-order valence-corrected chi connectivity index (χ3v) is 2.63. The van der Waals surface area contributed by atoms with Gasteiger partial charge >= 0.3 is 0 Å². The van der Waals surface area contributed by atoms with Crippen molar-refractivity contribution in [3.8, 4) is 0 Å².